The summed E-state index contributed by atoms with van der Waals surface area (Å²) >= 11 is 0. The summed E-state index contributed by atoms with van der Waals surface area (Å²) in [6.45, 7) is 4.66. The van der Waals surface area contributed by atoms with Crippen molar-refractivity contribution in [3.8, 4) is 0 Å². The summed E-state index contributed by atoms with van der Waals surface area (Å²) in [6.07, 6.45) is 59.3. The van der Waals surface area contributed by atoms with E-state index in [1.54, 1.807) is 6.08 Å². The van der Waals surface area contributed by atoms with Gasteiger partial charge in [-0.1, -0.05) is 237 Å². The fraction of sp³-hybridized carbons (Fsp3) is 0.873. The Morgan fingerprint density at radius 3 is 1.30 bits per heavy atom. The first-order chi connectivity index (χ1) is 31.0. The molecular weight excluding hydrogens is 816 g/mol. The highest BCUT2D eigenvalue weighted by Gasteiger charge is 2.23. The molecular formula is C55H107N2O6P. The zero-order valence-electron chi connectivity index (χ0n) is 43.0. The van der Waals surface area contributed by atoms with E-state index in [0.29, 0.717) is 17.4 Å². The average Bonchev–Trinajstić information content (AvgIpc) is 3.25. The van der Waals surface area contributed by atoms with Crippen LogP contribution in [0, 0.1) is 0 Å². The number of carbonyl (C=O) groups excluding carboxylic acids is 1. The average molecular weight is 923 g/mol. The lowest BCUT2D eigenvalue weighted by molar-refractivity contribution is -0.870. The fourth-order valence-electron chi connectivity index (χ4n) is 8.01. The number of hydrogen-bond acceptors (Lipinski definition) is 6. The number of nitrogens with zero attached hydrogens (tertiary/aromatic N) is 1. The lowest BCUT2D eigenvalue weighted by Gasteiger charge is -2.29. The van der Waals surface area contributed by atoms with Crippen molar-refractivity contribution in [3.63, 3.8) is 0 Å². The van der Waals surface area contributed by atoms with Crippen molar-refractivity contribution in [2.45, 2.75) is 270 Å². The van der Waals surface area contributed by atoms with E-state index in [2.05, 4.69) is 43.5 Å². The number of nitrogens with one attached hydrogen (secondary N) is 1. The van der Waals surface area contributed by atoms with Gasteiger partial charge >= 0.3 is 0 Å². The number of phosphoric acid groups is 1. The zero-order valence-corrected chi connectivity index (χ0v) is 43.9. The Morgan fingerprint density at radius 2 is 0.906 bits per heavy atom. The van der Waals surface area contributed by atoms with Crippen LogP contribution in [0.5, 0.6) is 0 Å². The Labute approximate surface area is 397 Å². The molecule has 8 nitrogen and oxygen atoms in total. The minimum Gasteiger partial charge on any atom is -0.756 e. The van der Waals surface area contributed by atoms with Crippen LogP contribution in [0.4, 0.5) is 0 Å². The highest BCUT2D eigenvalue weighted by Crippen LogP contribution is 2.38. The summed E-state index contributed by atoms with van der Waals surface area (Å²) in [5, 5.41) is 13.8. The Morgan fingerprint density at radius 1 is 0.547 bits per heavy atom. The molecule has 0 aliphatic carbocycles. The van der Waals surface area contributed by atoms with E-state index in [1.165, 1.54) is 193 Å². The van der Waals surface area contributed by atoms with Gasteiger partial charge < -0.3 is 28.8 Å². The Bertz CT molecular complexity index is 1140. The van der Waals surface area contributed by atoms with Crippen LogP contribution in [0.3, 0.4) is 0 Å². The number of phosphoric ester groups is 1. The first kappa shape index (κ1) is 62.7. The maximum atomic E-state index is 12.9. The molecule has 0 aromatic rings. The van der Waals surface area contributed by atoms with Crippen molar-refractivity contribution in [3.05, 3.63) is 36.5 Å². The summed E-state index contributed by atoms with van der Waals surface area (Å²) in [7, 11) is 1.26. The van der Waals surface area contributed by atoms with Crippen LogP contribution in [-0.4, -0.2) is 68.5 Å². The van der Waals surface area contributed by atoms with Crippen LogP contribution in [0.1, 0.15) is 258 Å². The number of unbranched alkanes of at least 4 members (excludes halogenated alkanes) is 33. The van der Waals surface area contributed by atoms with E-state index in [-0.39, 0.29) is 19.1 Å². The number of rotatable bonds is 50. The first-order valence-corrected chi connectivity index (χ1v) is 28.8. The molecule has 0 aliphatic heterocycles. The summed E-state index contributed by atoms with van der Waals surface area (Å²) in [6, 6.07) is -0.885. The molecule has 9 heteroatoms. The van der Waals surface area contributed by atoms with Gasteiger partial charge in [0.1, 0.15) is 13.2 Å². The topological polar surface area (TPSA) is 108 Å². The lowest BCUT2D eigenvalue weighted by Crippen LogP contribution is -2.45. The third-order valence-electron chi connectivity index (χ3n) is 12.3. The molecule has 2 N–H and O–H groups in total. The molecule has 0 heterocycles. The number of likely N-dealkylation sites (N-methyl/N-ethyl adjacent to an activating group) is 1. The van der Waals surface area contributed by atoms with Crippen LogP contribution < -0.4 is 10.2 Å². The molecule has 0 aromatic heterocycles. The molecule has 3 unspecified atom stereocenters. The normalized spacial score (nSPS) is 14.3. The molecule has 378 valence electrons. The highest BCUT2D eigenvalue weighted by molar-refractivity contribution is 7.45. The number of allylic oxidation sites excluding steroid dienone is 5. The van der Waals surface area contributed by atoms with Crippen molar-refractivity contribution in [2.75, 3.05) is 40.9 Å². The SMILES string of the molecule is CCCCCCCCCCC/C=C\C/C=C\CCCCCCCCCCCCCCCC(=O)NC(COP(=O)([O-])OCC[N+](C)(C)C)C(O)/C=C/CCCCCCCCCCCCC. The van der Waals surface area contributed by atoms with Gasteiger partial charge in [-0.15, -0.1) is 0 Å². The van der Waals surface area contributed by atoms with Gasteiger partial charge in [0.15, 0.2) is 0 Å². The quantitative estimate of drug-likeness (QED) is 0.0272. The van der Waals surface area contributed by atoms with Gasteiger partial charge in [-0.25, -0.2) is 0 Å². The minimum absolute atomic E-state index is 0.000623. The van der Waals surface area contributed by atoms with Crippen LogP contribution >= 0.6 is 7.82 Å². The Hall–Kier alpha value is -1.28. The van der Waals surface area contributed by atoms with E-state index in [1.807, 2.05) is 27.2 Å². The number of hydrogen-bond donors (Lipinski definition) is 2. The van der Waals surface area contributed by atoms with Gasteiger partial charge in [-0.05, 0) is 51.4 Å². The highest BCUT2D eigenvalue weighted by atomic mass is 31.2. The molecule has 0 aromatic carbocycles. The third kappa shape index (κ3) is 48.6. The first-order valence-electron chi connectivity index (χ1n) is 27.4. The monoisotopic (exact) mass is 923 g/mol. The van der Waals surface area contributed by atoms with Crippen molar-refractivity contribution < 1.29 is 32.9 Å². The molecule has 0 aliphatic rings. The maximum absolute atomic E-state index is 12.9. The predicted octanol–water partition coefficient (Wildman–Crippen LogP) is 15.6. The van der Waals surface area contributed by atoms with Crippen LogP contribution in [0.15, 0.2) is 36.5 Å². The summed E-state index contributed by atoms with van der Waals surface area (Å²) < 4.78 is 23.3. The van der Waals surface area contributed by atoms with Crippen molar-refractivity contribution in [1.82, 2.24) is 5.32 Å². The van der Waals surface area contributed by atoms with Gasteiger partial charge in [-0.2, -0.15) is 0 Å². The van der Waals surface area contributed by atoms with Crippen LogP contribution in [0.25, 0.3) is 0 Å². The van der Waals surface area contributed by atoms with E-state index >= 15 is 0 Å². The molecule has 0 radical (unpaired) electrons. The van der Waals surface area contributed by atoms with Crippen molar-refractivity contribution in [2.24, 2.45) is 0 Å². The van der Waals surface area contributed by atoms with E-state index in [9.17, 15) is 19.4 Å². The Kier molecular flexibility index (Phi) is 45.9. The van der Waals surface area contributed by atoms with Crippen LogP contribution in [-0.2, 0) is 18.4 Å². The van der Waals surface area contributed by atoms with Gasteiger partial charge in [0, 0.05) is 6.42 Å². The number of aliphatic hydroxyl groups excluding tert-OH is 1. The molecule has 0 spiro atoms. The lowest BCUT2D eigenvalue weighted by atomic mass is 10.0. The minimum atomic E-state index is -4.59. The number of amides is 1. The standard InChI is InChI=1S/C55H107N2O6P/c1-6-8-10-12-14-16-18-20-21-22-23-24-25-26-27-28-29-30-31-32-33-34-35-37-39-41-43-45-47-49-55(59)56-53(52-63-64(60,61)62-51-50-57(3,4)5)54(58)48-46-44-42-40-38-36-19-17-15-13-11-9-7-2/h23-24,26-27,46,48,53-54,58H,6-22,25,28-45,47,49-52H2,1-5H3,(H-,56,59,60,61)/b24-23-,27-26-,48-46+. The van der Waals surface area contributed by atoms with Gasteiger partial charge in [-0.3, -0.25) is 9.36 Å². The van der Waals surface area contributed by atoms with Gasteiger partial charge in [0.05, 0.1) is 39.9 Å². The largest absolute Gasteiger partial charge is 0.756 e. The molecule has 0 saturated heterocycles. The number of aliphatic hydroxyl groups is 1. The molecule has 0 bridgehead atoms. The van der Waals surface area contributed by atoms with Gasteiger partial charge in [0.2, 0.25) is 5.91 Å². The zero-order chi connectivity index (χ0) is 47.1. The molecule has 1 amide bonds. The smallest absolute Gasteiger partial charge is 0.268 e. The maximum Gasteiger partial charge on any atom is 0.268 e. The summed E-state index contributed by atoms with van der Waals surface area (Å²) in [4.78, 5) is 25.4. The summed E-state index contributed by atoms with van der Waals surface area (Å²) in [5.41, 5.74) is 0. The molecule has 64 heavy (non-hydrogen) atoms. The fourth-order valence-corrected chi connectivity index (χ4v) is 8.73. The number of quaternary nitrogens is 1. The van der Waals surface area contributed by atoms with E-state index in [4.69, 9.17) is 9.05 Å². The second kappa shape index (κ2) is 46.8. The predicted molar refractivity (Wildman–Crippen MR) is 275 cm³/mol. The third-order valence-corrected chi connectivity index (χ3v) is 13.3. The van der Waals surface area contributed by atoms with Crippen molar-refractivity contribution in [1.29, 1.82) is 0 Å². The van der Waals surface area contributed by atoms with E-state index in [0.717, 1.165) is 44.9 Å². The molecule has 3 atom stereocenters. The Balaban J connectivity index is 4.11. The molecule has 0 rings (SSSR count). The molecule has 0 saturated carbocycles. The van der Waals surface area contributed by atoms with E-state index < -0.39 is 20.0 Å². The van der Waals surface area contributed by atoms with Crippen LogP contribution in [0.2, 0.25) is 0 Å². The molecule has 0 fully saturated rings. The number of carbonyl (C=O) groups is 1. The van der Waals surface area contributed by atoms with Gasteiger partial charge in [0.25, 0.3) is 7.82 Å². The van der Waals surface area contributed by atoms with Crippen molar-refractivity contribution >= 4 is 13.7 Å². The summed E-state index contributed by atoms with van der Waals surface area (Å²) in [5.74, 6) is -0.197. The second-order valence-corrected chi connectivity index (χ2v) is 21.3. The second-order valence-electron chi connectivity index (χ2n) is 19.9.